The van der Waals surface area contributed by atoms with Crippen LogP contribution in [0.15, 0.2) is 22.0 Å². The molecule has 0 saturated heterocycles. The van der Waals surface area contributed by atoms with Crippen molar-refractivity contribution in [2.75, 3.05) is 5.43 Å². The second-order valence-electron chi connectivity index (χ2n) is 3.55. The van der Waals surface area contributed by atoms with Crippen molar-refractivity contribution in [2.45, 2.75) is 29.1 Å². The Morgan fingerprint density at radius 2 is 2.12 bits per heavy atom. The van der Waals surface area contributed by atoms with Crippen molar-refractivity contribution in [1.82, 2.24) is 19.3 Å². The summed E-state index contributed by atoms with van der Waals surface area (Å²) in [4.78, 5) is 12.5. The van der Waals surface area contributed by atoms with Gasteiger partial charge in [-0.3, -0.25) is 0 Å². The Morgan fingerprint density at radius 3 is 2.71 bits per heavy atom. The van der Waals surface area contributed by atoms with Crippen molar-refractivity contribution < 1.29 is 0 Å². The molecular formula is C9H12N6S2. The lowest BCUT2D eigenvalue weighted by molar-refractivity contribution is 0.804. The Labute approximate surface area is 107 Å². The summed E-state index contributed by atoms with van der Waals surface area (Å²) in [6.45, 7) is 4.15. The van der Waals surface area contributed by atoms with E-state index in [0.29, 0.717) is 5.82 Å². The van der Waals surface area contributed by atoms with Gasteiger partial charge in [-0.2, -0.15) is 4.37 Å². The van der Waals surface area contributed by atoms with Crippen molar-refractivity contribution in [3.8, 4) is 0 Å². The molecule has 0 aromatic carbocycles. The minimum Gasteiger partial charge on any atom is -0.308 e. The molecule has 0 radical (unpaired) electrons. The quantitative estimate of drug-likeness (QED) is 0.497. The zero-order chi connectivity index (χ0) is 12.3. The third-order valence-electron chi connectivity index (χ3n) is 2.09. The van der Waals surface area contributed by atoms with Gasteiger partial charge in [-0.05, 0) is 29.2 Å². The predicted octanol–water partition coefficient (Wildman–Crippen LogP) is 1.89. The van der Waals surface area contributed by atoms with Gasteiger partial charge >= 0.3 is 0 Å². The van der Waals surface area contributed by atoms with Gasteiger partial charge < -0.3 is 5.43 Å². The molecule has 90 valence electrons. The molecule has 0 saturated carbocycles. The van der Waals surface area contributed by atoms with E-state index in [2.05, 4.69) is 38.6 Å². The van der Waals surface area contributed by atoms with E-state index in [1.807, 2.05) is 0 Å². The number of rotatable bonds is 4. The summed E-state index contributed by atoms with van der Waals surface area (Å²) in [6.07, 6.45) is 3.02. The molecular weight excluding hydrogens is 256 g/mol. The monoisotopic (exact) mass is 268 g/mol. The number of nitrogens with zero attached hydrogens (tertiary/aromatic N) is 4. The molecule has 2 aromatic heterocycles. The number of nitrogens with two attached hydrogens (primary N) is 1. The van der Waals surface area contributed by atoms with Crippen LogP contribution in [0.1, 0.15) is 25.3 Å². The van der Waals surface area contributed by atoms with Crippen LogP contribution in [0, 0.1) is 0 Å². The van der Waals surface area contributed by atoms with E-state index in [-0.39, 0.29) is 5.92 Å². The van der Waals surface area contributed by atoms with Crippen LogP contribution in [0.25, 0.3) is 0 Å². The van der Waals surface area contributed by atoms with Gasteiger partial charge in [0.05, 0.1) is 0 Å². The molecule has 2 rings (SSSR count). The first-order chi connectivity index (χ1) is 8.22. The molecule has 3 N–H and O–H groups in total. The number of nitrogens with one attached hydrogen (secondary N) is 1. The number of nitrogen functional groups attached to an aromatic ring is 1. The smallest absolute Gasteiger partial charge is 0.176 e. The first kappa shape index (κ1) is 12.2. The van der Waals surface area contributed by atoms with Crippen molar-refractivity contribution in [1.29, 1.82) is 0 Å². The Hall–Kier alpha value is -1.25. The largest absolute Gasteiger partial charge is 0.308 e. The van der Waals surface area contributed by atoms with Crippen LogP contribution in [0.5, 0.6) is 0 Å². The summed E-state index contributed by atoms with van der Waals surface area (Å²) in [7, 11) is 0. The maximum absolute atomic E-state index is 5.46. The van der Waals surface area contributed by atoms with Crippen molar-refractivity contribution in [3.63, 3.8) is 0 Å². The number of aromatic nitrogens is 4. The van der Waals surface area contributed by atoms with Crippen LogP contribution < -0.4 is 11.3 Å². The molecule has 17 heavy (non-hydrogen) atoms. The van der Waals surface area contributed by atoms with Gasteiger partial charge in [0.2, 0.25) is 0 Å². The molecule has 0 amide bonds. The fourth-order valence-electron chi connectivity index (χ4n) is 1.39. The minimum atomic E-state index is 0.276. The molecule has 0 atom stereocenters. The Kier molecular flexibility index (Phi) is 3.87. The van der Waals surface area contributed by atoms with Crippen LogP contribution in [-0.2, 0) is 0 Å². The van der Waals surface area contributed by atoms with Crippen LogP contribution in [0.4, 0.5) is 5.82 Å². The first-order valence-electron chi connectivity index (χ1n) is 4.98. The van der Waals surface area contributed by atoms with E-state index in [9.17, 15) is 0 Å². The SMILES string of the molecule is CC(C)c1c(NN)ncnc1Sc1ncns1. The summed E-state index contributed by atoms with van der Waals surface area (Å²) in [5.41, 5.74) is 3.60. The maximum Gasteiger partial charge on any atom is 0.176 e. The molecule has 6 nitrogen and oxygen atoms in total. The van der Waals surface area contributed by atoms with Crippen molar-refractivity contribution in [3.05, 3.63) is 18.2 Å². The predicted molar refractivity (Wildman–Crippen MR) is 68.0 cm³/mol. The fourth-order valence-corrected chi connectivity index (χ4v) is 2.99. The van der Waals surface area contributed by atoms with Gasteiger partial charge in [0.25, 0.3) is 0 Å². The Morgan fingerprint density at radius 1 is 1.29 bits per heavy atom. The lowest BCUT2D eigenvalue weighted by Crippen LogP contribution is -2.13. The zero-order valence-corrected chi connectivity index (χ0v) is 11.0. The van der Waals surface area contributed by atoms with Crippen LogP contribution >= 0.6 is 23.3 Å². The van der Waals surface area contributed by atoms with Crippen LogP contribution in [0.3, 0.4) is 0 Å². The molecule has 0 aliphatic carbocycles. The van der Waals surface area contributed by atoms with E-state index >= 15 is 0 Å². The summed E-state index contributed by atoms with van der Waals surface area (Å²) in [5.74, 6) is 6.39. The summed E-state index contributed by atoms with van der Waals surface area (Å²) >= 11 is 2.82. The summed E-state index contributed by atoms with van der Waals surface area (Å²) < 4.78 is 4.82. The van der Waals surface area contributed by atoms with Crippen LogP contribution in [-0.4, -0.2) is 19.3 Å². The highest BCUT2D eigenvalue weighted by Gasteiger charge is 2.16. The summed E-state index contributed by atoms with van der Waals surface area (Å²) in [5, 5.41) is 0.861. The van der Waals surface area contributed by atoms with Gasteiger partial charge in [0, 0.05) is 5.56 Å². The second kappa shape index (κ2) is 5.39. The number of hydrogen-bond donors (Lipinski definition) is 2. The molecule has 0 bridgehead atoms. The highest BCUT2D eigenvalue weighted by atomic mass is 32.2. The van der Waals surface area contributed by atoms with Crippen molar-refractivity contribution >= 4 is 29.1 Å². The Bertz CT molecular complexity index is 484. The van der Waals surface area contributed by atoms with E-state index in [4.69, 9.17) is 5.84 Å². The average molecular weight is 268 g/mol. The lowest BCUT2D eigenvalue weighted by Gasteiger charge is -2.13. The normalized spacial score (nSPS) is 10.8. The first-order valence-corrected chi connectivity index (χ1v) is 6.57. The third kappa shape index (κ3) is 2.71. The second-order valence-corrected chi connectivity index (χ2v) is 5.57. The maximum atomic E-state index is 5.46. The van der Waals surface area contributed by atoms with E-state index in [1.165, 1.54) is 35.9 Å². The number of hydrazine groups is 1. The number of anilines is 1. The molecule has 0 unspecified atom stereocenters. The molecule has 0 aliphatic rings. The fraction of sp³-hybridized carbons (Fsp3) is 0.333. The summed E-state index contributed by atoms with van der Waals surface area (Å²) in [6, 6.07) is 0. The molecule has 0 aliphatic heterocycles. The van der Waals surface area contributed by atoms with Gasteiger partial charge in [0.1, 0.15) is 23.5 Å². The topological polar surface area (TPSA) is 89.6 Å². The molecule has 8 heteroatoms. The highest BCUT2D eigenvalue weighted by molar-refractivity contribution is 8.00. The van der Waals surface area contributed by atoms with Gasteiger partial charge in [-0.1, -0.05) is 13.8 Å². The van der Waals surface area contributed by atoms with E-state index in [0.717, 1.165) is 14.9 Å². The highest BCUT2D eigenvalue weighted by Crippen LogP contribution is 2.35. The zero-order valence-electron chi connectivity index (χ0n) is 9.41. The molecule has 2 heterocycles. The lowest BCUT2D eigenvalue weighted by atomic mass is 10.1. The molecule has 0 spiro atoms. The Balaban J connectivity index is 2.39. The minimum absolute atomic E-state index is 0.276. The number of hydrogen-bond acceptors (Lipinski definition) is 8. The van der Waals surface area contributed by atoms with E-state index < -0.39 is 0 Å². The average Bonchev–Trinajstić information content (AvgIpc) is 2.81. The van der Waals surface area contributed by atoms with Crippen LogP contribution in [0.2, 0.25) is 0 Å². The van der Waals surface area contributed by atoms with Gasteiger partial charge in [-0.25, -0.2) is 20.8 Å². The van der Waals surface area contributed by atoms with Crippen molar-refractivity contribution in [2.24, 2.45) is 5.84 Å². The molecule has 2 aromatic rings. The van der Waals surface area contributed by atoms with Gasteiger partial charge in [0.15, 0.2) is 4.34 Å². The molecule has 0 fully saturated rings. The third-order valence-corrected chi connectivity index (χ3v) is 3.82. The van der Waals surface area contributed by atoms with Gasteiger partial charge in [-0.15, -0.1) is 0 Å². The van der Waals surface area contributed by atoms with E-state index in [1.54, 1.807) is 0 Å². The standard InChI is InChI=1S/C9H12N6S2/c1-5(2)6-7(15-10)11-3-12-8(6)16-9-13-4-14-17-9/h3-5H,10H2,1-2H3,(H,11,12,15).